The molecule has 0 radical (unpaired) electrons. The highest BCUT2D eigenvalue weighted by atomic mass is 16.4. The van der Waals surface area contributed by atoms with Crippen LogP contribution >= 0.6 is 0 Å². The minimum atomic E-state index is -0.763. The van der Waals surface area contributed by atoms with Crippen LogP contribution in [0.4, 0.5) is 0 Å². The van der Waals surface area contributed by atoms with Gasteiger partial charge in [0.15, 0.2) is 0 Å². The largest absolute Gasteiger partial charge is 0.481 e. The molecule has 4 heteroatoms. The molecule has 1 aromatic carbocycles. The summed E-state index contributed by atoms with van der Waals surface area (Å²) in [5.41, 5.74) is 3.11. The van der Waals surface area contributed by atoms with Gasteiger partial charge in [0, 0.05) is 34.2 Å². The van der Waals surface area contributed by atoms with Crippen molar-refractivity contribution in [3.63, 3.8) is 0 Å². The van der Waals surface area contributed by atoms with Gasteiger partial charge in [-0.1, -0.05) is 19.1 Å². The topological polar surface area (TPSA) is 66.0 Å². The van der Waals surface area contributed by atoms with E-state index in [9.17, 15) is 4.79 Å². The Balaban J connectivity index is 2.06. The van der Waals surface area contributed by atoms with Crippen molar-refractivity contribution in [2.45, 2.75) is 13.3 Å². The second kappa shape index (κ2) is 4.39. The molecule has 0 spiro atoms. The normalized spacial score (nSPS) is 12.9. The van der Waals surface area contributed by atoms with Gasteiger partial charge in [-0.2, -0.15) is 0 Å². The summed E-state index contributed by atoms with van der Waals surface area (Å²) in [5, 5.41) is 11.2. The van der Waals surface area contributed by atoms with E-state index in [-0.39, 0.29) is 5.92 Å². The zero-order valence-corrected chi connectivity index (χ0v) is 10.6. The molecular formula is C15H14N2O2. The molecule has 0 saturated heterocycles. The van der Waals surface area contributed by atoms with Gasteiger partial charge in [-0.15, -0.1) is 0 Å². The van der Waals surface area contributed by atoms with Crippen LogP contribution in [0.2, 0.25) is 0 Å². The summed E-state index contributed by atoms with van der Waals surface area (Å²) < 4.78 is 0. The number of carboxylic acids is 1. The molecule has 0 aliphatic rings. The number of nitrogens with zero attached hydrogens (tertiary/aromatic N) is 1. The first kappa shape index (κ1) is 11.7. The molecule has 0 aliphatic heterocycles. The zero-order chi connectivity index (χ0) is 13.4. The molecule has 2 aromatic heterocycles. The molecule has 1 atom stereocenters. The molecule has 0 saturated carbocycles. The van der Waals surface area contributed by atoms with E-state index in [1.165, 1.54) is 0 Å². The highest BCUT2D eigenvalue weighted by Gasteiger charge is 2.12. The van der Waals surface area contributed by atoms with Crippen LogP contribution in [0, 0.1) is 5.92 Å². The number of benzene rings is 1. The first-order valence-corrected chi connectivity index (χ1v) is 6.22. The summed E-state index contributed by atoms with van der Waals surface area (Å²) in [6, 6.07) is 7.98. The Morgan fingerprint density at radius 1 is 1.32 bits per heavy atom. The Bertz CT molecular complexity index is 761. The number of pyridine rings is 1. The maximum atomic E-state index is 10.9. The van der Waals surface area contributed by atoms with E-state index in [0.717, 1.165) is 27.4 Å². The fourth-order valence-electron chi connectivity index (χ4n) is 2.36. The highest BCUT2D eigenvalue weighted by molar-refractivity contribution is 6.06. The third kappa shape index (κ3) is 2.05. The fourth-order valence-corrected chi connectivity index (χ4v) is 2.36. The summed E-state index contributed by atoms with van der Waals surface area (Å²) in [6.07, 6.45) is 4.14. The Kier molecular flexibility index (Phi) is 2.71. The third-order valence-corrected chi connectivity index (χ3v) is 3.43. The molecule has 0 amide bonds. The Labute approximate surface area is 110 Å². The summed E-state index contributed by atoms with van der Waals surface area (Å²) in [7, 11) is 0. The predicted octanol–water partition coefficient (Wildman–Crippen LogP) is 2.98. The molecule has 0 fully saturated rings. The molecule has 19 heavy (non-hydrogen) atoms. The van der Waals surface area contributed by atoms with Crippen LogP contribution in [-0.4, -0.2) is 21.0 Å². The van der Waals surface area contributed by atoms with Gasteiger partial charge in [-0.05, 0) is 24.1 Å². The van der Waals surface area contributed by atoms with Gasteiger partial charge in [0.2, 0.25) is 0 Å². The van der Waals surface area contributed by atoms with E-state index in [4.69, 9.17) is 5.11 Å². The Morgan fingerprint density at radius 3 is 2.95 bits per heavy atom. The van der Waals surface area contributed by atoms with E-state index >= 15 is 0 Å². The lowest BCUT2D eigenvalue weighted by Crippen LogP contribution is -2.12. The number of hydrogen-bond acceptors (Lipinski definition) is 2. The average molecular weight is 254 g/mol. The lowest BCUT2D eigenvalue weighted by molar-refractivity contribution is -0.141. The van der Waals surface area contributed by atoms with Crippen LogP contribution in [0.5, 0.6) is 0 Å². The predicted molar refractivity (Wildman–Crippen MR) is 74.1 cm³/mol. The molecular weight excluding hydrogens is 240 g/mol. The second-order valence-electron chi connectivity index (χ2n) is 4.87. The van der Waals surface area contributed by atoms with Crippen LogP contribution in [0.3, 0.4) is 0 Å². The van der Waals surface area contributed by atoms with E-state index < -0.39 is 5.97 Å². The van der Waals surface area contributed by atoms with Crippen LogP contribution in [0.1, 0.15) is 12.5 Å². The van der Waals surface area contributed by atoms with Crippen molar-refractivity contribution < 1.29 is 9.90 Å². The number of carbonyl (C=O) groups is 1. The van der Waals surface area contributed by atoms with Crippen LogP contribution in [0.25, 0.3) is 21.8 Å². The molecule has 0 aliphatic carbocycles. The van der Waals surface area contributed by atoms with Crippen molar-refractivity contribution in [1.29, 1.82) is 0 Å². The minimum absolute atomic E-state index is 0.372. The van der Waals surface area contributed by atoms with Gasteiger partial charge >= 0.3 is 5.97 Å². The van der Waals surface area contributed by atoms with Gasteiger partial charge in [-0.25, -0.2) is 0 Å². The summed E-state index contributed by atoms with van der Waals surface area (Å²) >= 11 is 0. The monoisotopic (exact) mass is 254 g/mol. The van der Waals surface area contributed by atoms with Crippen molar-refractivity contribution in [2.75, 3.05) is 0 Å². The molecule has 1 unspecified atom stereocenters. The zero-order valence-electron chi connectivity index (χ0n) is 10.6. The maximum Gasteiger partial charge on any atom is 0.306 e. The summed E-state index contributed by atoms with van der Waals surface area (Å²) in [4.78, 5) is 18.4. The molecule has 2 heterocycles. The third-order valence-electron chi connectivity index (χ3n) is 3.43. The lowest BCUT2D eigenvalue weighted by Gasteiger charge is -2.06. The average Bonchev–Trinajstić information content (AvgIpc) is 2.76. The smallest absolute Gasteiger partial charge is 0.306 e. The standard InChI is InChI=1S/C15H14N2O2/c1-9(15(18)19)6-10-2-3-11-12-8-16-5-4-13(12)17-14(11)7-10/h2-5,7-9,17H,6H2,1H3,(H,18,19). The Morgan fingerprint density at radius 2 is 2.16 bits per heavy atom. The number of carboxylic acid groups (broad SMARTS) is 1. The van der Waals surface area contributed by atoms with E-state index in [1.54, 1.807) is 13.1 Å². The number of aliphatic carboxylic acids is 1. The van der Waals surface area contributed by atoms with E-state index in [0.29, 0.717) is 6.42 Å². The SMILES string of the molecule is CC(Cc1ccc2c(c1)[nH]c1ccncc12)C(=O)O. The van der Waals surface area contributed by atoms with Gasteiger partial charge in [0.1, 0.15) is 0 Å². The number of nitrogens with one attached hydrogen (secondary N) is 1. The van der Waals surface area contributed by atoms with Crippen molar-refractivity contribution in [1.82, 2.24) is 9.97 Å². The van der Waals surface area contributed by atoms with E-state index in [1.807, 2.05) is 30.5 Å². The number of H-pyrrole nitrogens is 1. The molecule has 4 nitrogen and oxygen atoms in total. The molecule has 2 N–H and O–H groups in total. The number of hydrogen-bond donors (Lipinski definition) is 2. The van der Waals surface area contributed by atoms with Gasteiger partial charge < -0.3 is 10.1 Å². The van der Waals surface area contributed by atoms with Gasteiger partial charge in [-0.3, -0.25) is 9.78 Å². The van der Waals surface area contributed by atoms with Crippen molar-refractivity contribution in [2.24, 2.45) is 5.92 Å². The molecule has 96 valence electrons. The number of rotatable bonds is 3. The first-order chi connectivity index (χ1) is 9.15. The van der Waals surface area contributed by atoms with E-state index in [2.05, 4.69) is 9.97 Å². The quantitative estimate of drug-likeness (QED) is 0.755. The van der Waals surface area contributed by atoms with Crippen LogP contribution in [0.15, 0.2) is 36.7 Å². The number of aromatic nitrogens is 2. The lowest BCUT2D eigenvalue weighted by atomic mass is 10.0. The first-order valence-electron chi connectivity index (χ1n) is 6.22. The highest BCUT2D eigenvalue weighted by Crippen LogP contribution is 2.25. The minimum Gasteiger partial charge on any atom is -0.481 e. The van der Waals surface area contributed by atoms with Crippen molar-refractivity contribution in [3.8, 4) is 0 Å². The number of aromatic amines is 1. The fraction of sp³-hybridized carbons (Fsp3) is 0.200. The van der Waals surface area contributed by atoms with Gasteiger partial charge in [0.25, 0.3) is 0 Å². The Hall–Kier alpha value is -2.36. The molecule has 0 bridgehead atoms. The summed E-state index contributed by atoms with van der Waals surface area (Å²) in [6.45, 7) is 1.72. The summed E-state index contributed by atoms with van der Waals surface area (Å²) in [5.74, 6) is -1.13. The van der Waals surface area contributed by atoms with Crippen molar-refractivity contribution >= 4 is 27.8 Å². The van der Waals surface area contributed by atoms with Crippen LogP contribution < -0.4 is 0 Å². The molecule has 3 rings (SSSR count). The second-order valence-corrected chi connectivity index (χ2v) is 4.87. The van der Waals surface area contributed by atoms with Crippen molar-refractivity contribution in [3.05, 3.63) is 42.2 Å². The molecule has 3 aromatic rings. The maximum absolute atomic E-state index is 10.9. The van der Waals surface area contributed by atoms with Crippen LogP contribution in [-0.2, 0) is 11.2 Å². The number of fused-ring (bicyclic) bond motifs is 3. The van der Waals surface area contributed by atoms with Gasteiger partial charge in [0.05, 0.1) is 5.92 Å².